The van der Waals surface area contributed by atoms with Gasteiger partial charge < -0.3 is 10.6 Å². The van der Waals surface area contributed by atoms with E-state index in [9.17, 15) is 17.6 Å². The van der Waals surface area contributed by atoms with E-state index in [1.165, 1.54) is 47.8 Å². The molecule has 0 saturated carbocycles. The molecule has 6 nitrogen and oxygen atoms in total. The van der Waals surface area contributed by atoms with Gasteiger partial charge in [-0.2, -0.15) is 4.31 Å². The van der Waals surface area contributed by atoms with Crippen molar-refractivity contribution in [1.82, 2.24) is 9.62 Å². The summed E-state index contributed by atoms with van der Waals surface area (Å²) in [6, 6.07) is 11.8. The van der Waals surface area contributed by atoms with Crippen LogP contribution < -0.4 is 10.6 Å². The molecule has 2 aromatic rings. The van der Waals surface area contributed by atoms with Crippen LogP contribution in [0, 0.1) is 5.82 Å². The number of urea groups is 1. The number of amides is 2. The Morgan fingerprint density at radius 3 is 2.48 bits per heavy atom. The molecule has 0 aromatic heterocycles. The van der Waals surface area contributed by atoms with E-state index in [2.05, 4.69) is 17.2 Å². The van der Waals surface area contributed by atoms with Crippen molar-refractivity contribution in [2.75, 3.05) is 25.5 Å². The van der Waals surface area contributed by atoms with Crippen LogP contribution in [-0.4, -0.2) is 38.9 Å². The molecule has 0 aliphatic rings. The smallest absolute Gasteiger partial charge is 0.319 e. The fourth-order valence-corrected chi connectivity index (χ4v) is 3.50. The summed E-state index contributed by atoms with van der Waals surface area (Å²) in [5.74, 6) is -0.307. The van der Waals surface area contributed by atoms with Gasteiger partial charge >= 0.3 is 6.03 Å². The van der Waals surface area contributed by atoms with Gasteiger partial charge in [-0.25, -0.2) is 17.6 Å². The van der Waals surface area contributed by atoms with Gasteiger partial charge in [-0.3, -0.25) is 0 Å². The van der Waals surface area contributed by atoms with Crippen LogP contribution in [0.15, 0.2) is 66.1 Å². The van der Waals surface area contributed by atoms with Gasteiger partial charge in [0.1, 0.15) is 5.82 Å². The first kappa shape index (κ1) is 20.6. The Balaban J connectivity index is 1.89. The minimum Gasteiger partial charge on any atom is -0.338 e. The number of hydrogen-bond donors (Lipinski definition) is 2. The van der Waals surface area contributed by atoms with E-state index in [-0.39, 0.29) is 23.8 Å². The van der Waals surface area contributed by atoms with E-state index < -0.39 is 16.1 Å². The SMILES string of the molecule is C=CCN(C)S(=O)(=O)c1ccc(NC(=O)NCCc2ccccc2F)cc1. The predicted octanol–water partition coefficient (Wildman–Crippen LogP) is 3.00. The lowest BCUT2D eigenvalue weighted by Gasteiger charge is -2.15. The van der Waals surface area contributed by atoms with Gasteiger partial charge in [0.15, 0.2) is 0 Å². The quantitative estimate of drug-likeness (QED) is 0.679. The molecule has 2 rings (SSSR count). The van der Waals surface area contributed by atoms with Gasteiger partial charge in [-0.05, 0) is 42.3 Å². The van der Waals surface area contributed by atoms with Crippen LogP contribution >= 0.6 is 0 Å². The van der Waals surface area contributed by atoms with Gasteiger partial charge in [-0.15, -0.1) is 6.58 Å². The number of benzene rings is 2. The van der Waals surface area contributed by atoms with E-state index in [4.69, 9.17) is 0 Å². The Hall–Kier alpha value is -2.71. The Kier molecular flexibility index (Phi) is 7.09. The van der Waals surface area contributed by atoms with Gasteiger partial charge in [-0.1, -0.05) is 24.3 Å². The van der Waals surface area contributed by atoms with E-state index in [1.54, 1.807) is 18.2 Å². The maximum absolute atomic E-state index is 13.5. The summed E-state index contributed by atoms with van der Waals surface area (Å²) in [5, 5.41) is 5.24. The molecular formula is C19H22FN3O3S. The summed E-state index contributed by atoms with van der Waals surface area (Å²) >= 11 is 0. The maximum Gasteiger partial charge on any atom is 0.319 e. The normalized spacial score (nSPS) is 11.2. The van der Waals surface area contributed by atoms with E-state index in [0.29, 0.717) is 17.7 Å². The highest BCUT2D eigenvalue weighted by atomic mass is 32.2. The lowest BCUT2D eigenvalue weighted by atomic mass is 10.1. The highest BCUT2D eigenvalue weighted by Crippen LogP contribution is 2.17. The highest BCUT2D eigenvalue weighted by molar-refractivity contribution is 7.89. The molecule has 0 heterocycles. The number of likely N-dealkylation sites (N-methyl/N-ethyl adjacent to an activating group) is 1. The van der Waals surface area contributed by atoms with E-state index in [0.717, 1.165) is 0 Å². The molecular weight excluding hydrogens is 369 g/mol. The van der Waals surface area contributed by atoms with Crippen molar-refractivity contribution in [2.24, 2.45) is 0 Å². The largest absolute Gasteiger partial charge is 0.338 e. The van der Waals surface area contributed by atoms with Crippen molar-refractivity contribution in [3.8, 4) is 0 Å². The summed E-state index contributed by atoms with van der Waals surface area (Å²) in [6.07, 6.45) is 1.87. The third kappa shape index (κ3) is 5.63. The number of nitrogens with one attached hydrogen (secondary N) is 2. The Labute approximate surface area is 158 Å². The van der Waals surface area contributed by atoms with Crippen molar-refractivity contribution < 1.29 is 17.6 Å². The third-order valence-corrected chi connectivity index (χ3v) is 5.68. The molecule has 0 radical (unpaired) electrons. The lowest BCUT2D eigenvalue weighted by Crippen LogP contribution is -2.30. The Morgan fingerprint density at radius 2 is 1.85 bits per heavy atom. The van der Waals surface area contributed by atoms with Crippen LogP contribution in [-0.2, 0) is 16.4 Å². The van der Waals surface area contributed by atoms with E-state index in [1.807, 2.05) is 0 Å². The molecule has 0 saturated heterocycles. The first-order chi connectivity index (χ1) is 12.8. The number of rotatable bonds is 8. The number of anilines is 1. The summed E-state index contributed by atoms with van der Waals surface area (Å²) in [6.45, 7) is 3.99. The molecule has 0 spiro atoms. The van der Waals surface area contributed by atoms with Crippen LogP contribution in [0.4, 0.5) is 14.9 Å². The highest BCUT2D eigenvalue weighted by Gasteiger charge is 2.19. The molecule has 0 unspecified atom stereocenters. The molecule has 144 valence electrons. The molecule has 0 atom stereocenters. The summed E-state index contributed by atoms with van der Waals surface area (Å²) in [5.41, 5.74) is 0.972. The fraction of sp³-hybridized carbons (Fsp3) is 0.211. The number of nitrogens with zero attached hydrogens (tertiary/aromatic N) is 1. The molecule has 8 heteroatoms. The molecule has 27 heavy (non-hydrogen) atoms. The third-order valence-electron chi connectivity index (χ3n) is 3.84. The van der Waals surface area contributed by atoms with Crippen molar-refractivity contribution in [1.29, 1.82) is 0 Å². The second-order valence-corrected chi connectivity index (χ2v) is 7.87. The summed E-state index contributed by atoms with van der Waals surface area (Å²) in [7, 11) is -2.13. The standard InChI is InChI=1S/C19H22FN3O3S/c1-3-14-23(2)27(25,26)17-10-8-16(9-11-17)22-19(24)21-13-12-15-6-4-5-7-18(15)20/h3-11H,1,12-14H2,2H3,(H2,21,22,24). The average Bonchev–Trinajstić information content (AvgIpc) is 2.64. The fourth-order valence-electron chi connectivity index (χ4n) is 2.36. The van der Waals surface area contributed by atoms with Gasteiger partial charge in [0, 0.05) is 25.8 Å². The molecule has 0 fully saturated rings. The number of halogens is 1. The molecule has 0 aliphatic heterocycles. The van der Waals surface area contributed by atoms with Crippen LogP contribution in [0.2, 0.25) is 0 Å². The number of sulfonamides is 1. The minimum absolute atomic E-state index is 0.123. The Morgan fingerprint density at radius 1 is 1.19 bits per heavy atom. The van der Waals surface area contributed by atoms with Gasteiger partial charge in [0.25, 0.3) is 0 Å². The molecule has 0 aliphatic carbocycles. The minimum atomic E-state index is -3.60. The zero-order valence-corrected chi connectivity index (χ0v) is 15.8. The van der Waals surface area contributed by atoms with Crippen molar-refractivity contribution in [3.63, 3.8) is 0 Å². The van der Waals surface area contributed by atoms with Crippen molar-refractivity contribution in [3.05, 3.63) is 72.6 Å². The molecule has 0 bridgehead atoms. The Bertz CT molecular complexity index is 899. The van der Waals surface area contributed by atoms with Gasteiger partial charge in [0.2, 0.25) is 10.0 Å². The average molecular weight is 391 g/mol. The topological polar surface area (TPSA) is 78.5 Å². The first-order valence-corrected chi connectivity index (χ1v) is 9.74. The number of carbonyl (C=O) groups is 1. The van der Waals surface area contributed by atoms with E-state index >= 15 is 0 Å². The van der Waals surface area contributed by atoms with Gasteiger partial charge in [0.05, 0.1) is 4.90 Å². The zero-order valence-electron chi connectivity index (χ0n) is 15.0. The molecule has 2 N–H and O–H groups in total. The monoisotopic (exact) mass is 391 g/mol. The lowest BCUT2D eigenvalue weighted by molar-refractivity contribution is 0.252. The molecule has 2 amide bonds. The van der Waals surface area contributed by atoms with Crippen LogP contribution in [0.1, 0.15) is 5.56 Å². The van der Waals surface area contributed by atoms with Crippen LogP contribution in [0.25, 0.3) is 0 Å². The van der Waals surface area contributed by atoms with Crippen molar-refractivity contribution in [2.45, 2.75) is 11.3 Å². The predicted molar refractivity (Wildman–Crippen MR) is 104 cm³/mol. The zero-order chi connectivity index (χ0) is 19.9. The summed E-state index contributed by atoms with van der Waals surface area (Å²) in [4.78, 5) is 12.0. The second-order valence-electron chi connectivity index (χ2n) is 5.82. The second kappa shape index (κ2) is 9.29. The van der Waals surface area contributed by atoms with Crippen LogP contribution in [0.5, 0.6) is 0 Å². The van der Waals surface area contributed by atoms with Crippen LogP contribution in [0.3, 0.4) is 0 Å². The number of hydrogen-bond acceptors (Lipinski definition) is 3. The molecule has 2 aromatic carbocycles. The van der Waals surface area contributed by atoms with Crippen molar-refractivity contribution >= 4 is 21.7 Å². The first-order valence-electron chi connectivity index (χ1n) is 8.30. The maximum atomic E-state index is 13.5. The summed E-state index contributed by atoms with van der Waals surface area (Å²) < 4.78 is 39.3. The number of carbonyl (C=O) groups excluding carboxylic acids is 1.